The molecule has 2 aromatic rings. The quantitative estimate of drug-likeness (QED) is 0.156. The van der Waals surface area contributed by atoms with E-state index in [2.05, 4.69) is 47.3 Å². The zero-order chi connectivity index (χ0) is 39.2. The topological polar surface area (TPSA) is 135 Å². The van der Waals surface area contributed by atoms with Crippen LogP contribution in [0.5, 0.6) is 23.0 Å². The lowest BCUT2D eigenvalue weighted by Gasteiger charge is -2.47. The SMILES string of the molecule is C=C1CC(C)(C)CC2(CC(C)(C)c3cc4c(cc32)Oc2cc(C(=O)O)c(C(C)=O)cc2O4)/C1=C/C1=C(CC)COC2=C(C=C3CC(=O)OC(=O)CC3=CC2)O1. The van der Waals surface area contributed by atoms with E-state index >= 15 is 0 Å². The fourth-order valence-electron chi connectivity index (χ4n) is 9.50. The molecule has 0 radical (unpaired) electrons. The number of fused-ring (bicyclic) bond motifs is 5. The molecule has 0 amide bonds. The van der Waals surface area contributed by atoms with Crippen molar-refractivity contribution in [1.29, 1.82) is 0 Å². The van der Waals surface area contributed by atoms with Crippen LogP contribution in [0.3, 0.4) is 0 Å². The Labute approximate surface area is 319 Å². The first-order chi connectivity index (χ1) is 26.0. The maximum atomic E-state index is 12.4. The lowest BCUT2D eigenvalue weighted by molar-refractivity contribution is -0.157. The van der Waals surface area contributed by atoms with E-state index in [1.807, 2.05) is 24.3 Å². The largest absolute Gasteiger partial charge is 0.489 e. The van der Waals surface area contributed by atoms with Gasteiger partial charge in [-0.15, -0.1) is 0 Å². The monoisotopic (exact) mass is 744 g/mol. The van der Waals surface area contributed by atoms with Gasteiger partial charge in [-0.1, -0.05) is 52.8 Å². The van der Waals surface area contributed by atoms with Crippen LogP contribution in [0.2, 0.25) is 0 Å². The number of carboxylic acid groups (broad SMARTS) is 1. The van der Waals surface area contributed by atoms with Gasteiger partial charge in [0.25, 0.3) is 0 Å². The fraction of sp³-hybridized carbons (Fsp3) is 0.378. The first-order valence-corrected chi connectivity index (χ1v) is 18.7. The molecule has 6 aliphatic rings. The van der Waals surface area contributed by atoms with Crippen LogP contribution in [-0.2, 0) is 34.6 Å². The summed E-state index contributed by atoms with van der Waals surface area (Å²) in [6, 6.07) is 6.85. The van der Waals surface area contributed by atoms with Crippen LogP contribution in [0.4, 0.5) is 0 Å². The fourth-order valence-corrected chi connectivity index (χ4v) is 9.50. The van der Waals surface area contributed by atoms with E-state index < -0.39 is 23.3 Å². The number of carbonyl (C=O) groups excluding carboxylic acids is 3. The Balaban J connectivity index is 1.25. The van der Waals surface area contributed by atoms with Gasteiger partial charge in [-0.2, -0.15) is 0 Å². The van der Waals surface area contributed by atoms with Crippen molar-refractivity contribution < 1.29 is 48.0 Å². The van der Waals surface area contributed by atoms with Gasteiger partial charge >= 0.3 is 17.9 Å². The zero-order valence-corrected chi connectivity index (χ0v) is 32.0. The molecule has 3 aliphatic heterocycles. The second kappa shape index (κ2) is 12.7. The maximum absolute atomic E-state index is 12.4. The Morgan fingerprint density at radius 1 is 0.855 bits per heavy atom. The van der Waals surface area contributed by atoms with Crippen molar-refractivity contribution >= 4 is 23.7 Å². The van der Waals surface area contributed by atoms with Crippen LogP contribution < -0.4 is 9.47 Å². The molecule has 3 heterocycles. The van der Waals surface area contributed by atoms with E-state index in [1.165, 1.54) is 19.1 Å². The standard InChI is InChI=1S/C45H44O10/c1-8-25-20-51-33-10-9-26-12-40(47)55-41(48)13-27(26)11-35(33)52-34(25)16-30-23(2)19-43(4,5)21-45(30)22-44(6,7)31-17-38-39(18-32(31)45)54-37-15-29(42(49)50)28(24(3)46)14-36(37)53-38/h9,11,14-18H,2,8,10,12-13,19-22H2,1,3-7H3,(H,49,50)/b30-16+. The van der Waals surface area contributed by atoms with Crippen LogP contribution in [0.15, 0.2) is 94.2 Å². The third-order valence-electron chi connectivity index (χ3n) is 11.7. The first-order valence-electron chi connectivity index (χ1n) is 18.7. The second-order valence-corrected chi connectivity index (χ2v) is 16.9. The number of rotatable bonds is 4. The van der Waals surface area contributed by atoms with Crippen molar-refractivity contribution in [2.45, 2.75) is 97.3 Å². The summed E-state index contributed by atoms with van der Waals surface area (Å²) in [4.78, 5) is 49.2. The van der Waals surface area contributed by atoms with Crippen LogP contribution >= 0.6 is 0 Å². The second-order valence-electron chi connectivity index (χ2n) is 16.9. The summed E-state index contributed by atoms with van der Waals surface area (Å²) in [5, 5.41) is 9.89. The summed E-state index contributed by atoms with van der Waals surface area (Å²) in [6.07, 6.45) is 9.25. The molecule has 1 atom stereocenters. The summed E-state index contributed by atoms with van der Waals surface area (Å²) in [5.74, 6) is 0.458. The predicted octanol–water partition coefficient (Wildman–Crippen LogP) is 9.75. The minimum absolute atomic E-state index is 0.00261. The number of ketones is 1. The Morgan fingerprint density at radius 2 is 1.49 bits per heavy atom. The highest BCUT2D eigenvalue weighted by Crippen LogP contribution is 2.64. The lowest BCUT2D eigenvalue weighted by Crippen LogP contribution is -2.39. The van der Waals surface area contributed by atoms with Gasteiger partial charge in [0, 0.05) is 23.0 Å². The molecule has 2 aromatic carbocycles. The lowest BCUT2D eigenvalue weighted by atomic mass is 9.56. The summed E-state index contributed by atoms with van der Waals surface area (Å²) in [6.45, 7) is 17.4. The Morgan fingerprint density at radius 3 is 2.15 bits per heavy atom. The van der Waals surface area contributed by atoms with E-state index in [-0.39, 0.29) is 52.1 Å². The van der Waals surface area contributed by atoms with Gasteiger partial charge in [0.05, 0.1) is 18.4 Å². The number of hydrogen-bond acceptors (Lipinski definition) is 9. The average Bonchev–Trinajstić information content (AvgIpc) is 3.28. The predicted molar refractivity (Wildman–Crippen MR) is 202 cm³/mol. The molecule has 0 bridgehead atoms. The van der Waals surface area contributed by atoms with Gasteiger partial charge in [0.2, 0.25) is 0 Å². The van der Waals surface area contributed by atoms with Crippen molar-refractivity contribution in [3.63, 3.8) is 0 Å². The van der Waals surface area contributed by atoms with Crippen molar-refractivity contribution in [1.82, 2.24) is 0 Å². The Kier molecular flexibility index (Phi) is 8.40. The Hall–Kier alpha value is -5.64. The minimum Gasteiger partial charge on any atom is -0.489 e. The summed E-state index contributed by atoms with van der Waals surface area (Å²) < 4.78 is 30.9. The third-order valence-corrected chi connectivity index (χ3v) is 11.7. The maximum Gasteiger partial charge on any atom is 0.336 e. The van der Waals surface area contributed by atoms with E-state index in [0.29, 0.717) is 53.8 Å². The van der Waals surface area contributed by atoms with Crippen molar-refractivity contribution in [2.24, 2.45) is 5.41 Å². The van der Waals surface area contributed by atoms with E-state index in [4.69, 9.17) is 23.7 Å². The number of carboxylic acids is 1. The number of benzene rings is 2. The van der Waals surface area contributed by atoms with E-state index in [9.17, 15) is 24.3 Å². The highest BCUT2D eigenvalue weighted by molar-refractivity contribution is 6.05. The molecule has 1 N–H and O–H groups in total. The zero-order valence-electron chi connectivity index (χ0n) is 32.0. The van der Waals surface area contributed by atoms with Gasteiger partial charge in [-0.3, -0.25) is 14.4 Å². The molecular weight excluding hydrogens is 700 g/mol. The number of allylic oxidation sites excluding steroid dienone is 5. The van der Waals surface area contributed by atoms with Crippen LogP contribution in [0.1, 0.15) is 118 Å². The van der Waals surface area contributed by atoms with Gasteiger partial charge in [-0.25, -0.2) is 4.79 Å². The van der Waals surface area contributed by atoms with Crippen molar-refractivity contribution in [3.05, 3.63) is 116 Å². The number of aromatic carboxylic acids is 1. The van der Waals surface area contributed by atoms with Gasteiger partial charge in [-0.05, 0) is 108 Å². The number of esters is 2. The molecule has 10 nitrogen and oxygen atoms in total. The van der Waals surface area contributed by atoms with Gasteiger partial charge in [0.1, 0.15) is 18.1 Å². The normalized spacial score (nSPS) is 24.2. The van der Waals surface area contributed by atoms with Gasteiger partial charge < -0.3 is 28.8 Å². The third kappa shape index (κ3) is 6.21. The summed E-state index contributed by atoms with van der Waals surface area (Å²) >= 11 is 0. The van der Waals surface area contributed by atoms with Gasteiger partial charge in [0.15, 0.2) is 34.5 Å². The van der Waals surface area contributed by atoms with Crippen molar-refractivity contribution in [2.75, 3.05) is 6.61 Å². The first kappa shape index (κ1) is 36.3. The molecule has 0 aromatic heterocycles. The molecule has 1 unspecified atom stereocenters. The van der Waals surface area contributed by atoms with E-state index in [1.54, 1.807) is 0 Å². The van der Waals surface area contributed by atoms with Crippen LogP contribution in [-0.4, -0.2) is 35.4 Å². The smallest absolute Gasteiger partial charge is 0.336 e. The van der Waals surface area contributed by atoms with Crippen LogP contribution in [0.25, 0.3) is 0 Å². The molecule has 284 valence electrons. The summed E-state index contributed by atoms with van der Waals surface area (Å²) in [5.41, 5.74) is 5.61. The molecule has 10 heteroatoms. The summed E-state index contributed by atoms with van der Waals surface area (Å²) in [7, 11) is 0. The molecular formula is C45H44O10. The Bertz CT molecular complexity index is 2320. The molecule has 55 heavy (non-hydrogen) atoms. The number of cyclic esters (lactones) is 2. The number of hydrogen-bond donors (Lipinski definition) is 1. The van der Waals surface area contributed by atoms with Crippen LogP contribution in [0, 0.1) is 5.41 Å². The number of carbonyl (C=O) groups is 4. The molecule has 1 spiro atoms. The molecule has 3 aliphatic carbocycles. The average molecular weight is 745 g/mol. The molecule has 8 rings (SSSR count). The minimum atomic E-state index is -1.23. The molecule has 1 saturated heterocycles. The molecule has 2 fully saturated rings. The highest BCUT2D eigenvalue weighted by Gasteiger charge is 2.55. The van der Waals surface area contributed by atoms with E-state index in [0.717, 1.165) is 52.7 Å². The van der Waals surface area contributed by atoms with Crippen molar-refractivity contribution in [3.8, 4) is 23.0 Å². The molecule has 1 saturated carbocycles. The number of ether oxygens (including phenoxy) is 5. The highest BCUT2D eigenvalue weighted by atomic mass is 16.6. The number of Topliss-reactive ketones (excluding diaryl/α,β-unsaturated/α-hetero) is 1.